The van der Waals surface area contributed by atoms with Gasteiger partial charge in [-0.25, -0.2) is 8.42 Å². The summed E-state index contributed by atoms with van der Waals surface area (Å²) in [7, 11) is -3.20. The zero-order valence-corrected chi connectivity index (χ0v) is 16.0. The molecule has 1 fully saturated rings. The van der Waals surface area contributed by atoms with Gasteiger partial charge in [0.25, 0.3) is 5.91 Å². The minimum Gasteiger partial charge on any atom is -0.494 e. The Labute approximate surface area is 160 Å². The molecule has 1 amide bonds. The lowest BCUT2D eigenvalue weighted by Crippen LogP contribution is -2.26. The third-order valence-corrected chi connectivity index (χ3v) is 6.25. The predicted molar refractivity (Wildman–Crippen MR) is 106 cm³/mol. The number of amides is 1. The van der Waals surface area contributed by atoms with E-state index in [0.717, 1.165) is 18.6 Å². The van der Waals surface area contributed by atoms with Crippen LogP contribution in [0.2, 0.25) is 0 Å². The number of hydrogen-bond acceptors (Lipinski definition) is 4. The lowest BCUT2D eigenvalue weighted by atomic mass is 10.2. The Morgan fingerprint density at radius 2 is 1.78 bits per heavy atom. The second-order valence-corrected chi connectivity index (χ2v) is 8.43. The number of ether oxygens (including phenoxy) is 1. The molecule has 1 N–H and O–H groups in total. The van der Waals surface area contributed by atoms with Crippen LogP contribution >= 0.6 is 0 Å². The van der Waals surface area contributed by atoms with E-state index in [0.29, 0.717) is 37.4 Å². The van der Waals surface area contributed by atoms with Gasteiger partial charge >= 0.3 is 0 Å². The van der Waals surface area contributed by atoms with Crippen LogP contribution in [0.3, 0.4) is 0 Å². The molecule has 0 spiro atoms. The Hall–Kier alpha value is -2.54. The van der Waals surface area contributed by atoms with Crippen molar-refractivity contribution in [3.05, 3.63) is 60.2 Å². The van der Waals surface area contributed by atoms with Gasteiger partial charge in [0, 0.05) is 18.7 Å². The van der Waals surface area contributed by atoms with Gasteiger partial charge in [0.2, 0.25) is 10.0 Å². The van der Waals surface area contributed by atoms with Crippen molar-refractivity contribution in [3.8, 4) is 5.75 Å². The highest BCUT2D eigenvalue weighted by Crippen LogP contribution is 2.24. The van der Waals surface area contributed by atoms with Crippen LogP contribution in [0.1, 0.15) is 29.6 Å². The molecule has 27 heavy (non-hydrogen) atoms. The third kappa shape index (κ3) is 5.23. The lowest BCUT2D eigenvalue weighted by molar-refractivity contribution is 0.0952. The van der Waals surface area contributed by atoms with Crippen molar-refractivity contribution in [2.45, 2.75) is 19.3 Å². The first-order valence-corrected chi connectivity index (χ1v) is 10.7. The molecule has 0 aliphatic carbocycles. The van der Waals surface area contributed by atoms with Gasteiger partial charge in [-0.3, -0.25) is 9.10 Å². The average Bonchev–Trinajstić information content (AvgIpc) is 3.04. The van der Waals surface area contributed by atoms with Crippen molar-refractivity contribution in [1.82, 2.24) is 5.32 Å². The van der Waals surface area contributed by atoms with Crippen LogP contribution in [0.5, 0.6) is 5.75 Å². The highest BCUT2D eigenvalue weighted by Gasteiger charge is 2.28. The molecule has 6 nitrogen and oxygen atoms in total. The van der Waals surface area contributed by atoms with E-state index in [1.54, 1.807) is 24.3 Å². The topological polar surface area (TPSA) is 75.7 Å². The van der Waals surface area contributed by atoms with Gasteiger partial charge in [0.15, 0.2) is 0 Å². The second-order valence-electron chi connectivity index (χ2n) is 6.41. The normalized spacial score (nSPS) is 15.5. The summed E-state index contributed by atoms with van der Waals surface area (Å²) in [5.41, 5.74) is 1.14. The van der Waals surface area contributed by atoms with Crippen molar-refractivity contribution >= 4 is 21.6 Å². The third-order valence-electron chi connectivity index (χ3n) is 4.39. The molecule has 7 heteroatoms. The number of sulfonamides is 1. The van der Waals surface area contributed by atoms with E-state index in [4.69, 9.17) is 4.74 Å². The molecule has 0 radical (unpaired) electrons. The maximum atomic E-state index is 12.2. The van der Waals surface area contributed by atoms with Crippen LogP contribution in [0.15, 0.2) is 54.6 Å². The SMILES string of the molecule is O=C(NCCCCOc1ccccc1)c1ccc(N2CCCS2(=O)=O)cc1. The molecule has 2 aromatic carbocycles. The molecule has 2 aromatic rings. The van der Waals surface area contributed by atoms with E-state index in [-0.39, 0.29) is 11.7 Å². The first-order valence-electron chi connectivity index (χ1n) is 9.13. The molecule has 0 aromatic heterocycles. The van der Waals surface area contributed by atoms with Gasteiger partial charge in [-0.15, -0.1) is 0 Å². The fourth-order valence-corrected chi connectivity index (χ4v) is 4.51. The smallest absolute Gasteiger partial charge is 0.251 e. The minimum atomic E-state index is -3.20. The summed E-state index contributed by atoms with van der Waals surface area (Å²) < 4.78 is 30.9. The van der Waals surface area contributed by atoms with Crippen molar-refractivity contribution in [2.75, 3.05) is 29.8 Å². The first kappa shape index (κ1) is 19.2. The van der Waals surface area contributed by atoms with E-state index >= 15 is 0 Å². The van der Waals surface area contributed by atoms with Gasteiger partial charge in [0.1, 0.15) is 5.75 Å². The molecule has 1 saturated heterocycles. The highest BCUT2D eigenvalue weighted by molar-refractivity contribution is 7.93. The summed E-state index contributed by atoms with van der Waals surface area (Å²) >= 11 is 0. The number of carbonyl (C=O) groups excluding carboxylic acids is 1. The monoisotopic (exact) mass is 388 g/mol. The van der Waals surface area contributed by atoms with E-state index in [1.807, 2.05) is 30.3 Å². The maximum Gasteiger partial charge on any atom is 0.251 e. The lowest BCUT2D eigenvalue weighted by Gasteiger charge is -2.17. The summed E-state index contributed by atoms with van der Waals surface area (Å²) in [6.07, 6.45) is 2.31. The molecule has 1 heterocycles. The molecule has 1 aliphatic heterocycles. The van der Waals surface area contributed by atoms with Crippen LogP contribution in [-0.2, 0) is 10.0 Å². The number of rotatable bonds is 8. The van der Waals surface area contributed by atoms with Gasteiger partial charge in [-0.1, -0.05) is 18.2 Å². The number of unbranched alkanes of at least 4 members (excludes halogenated alkanes) is 1. The van der Waals surface area contributed by atoms with Crippen LogP contribution < -0.4 is 14.4 Å². The maximum absolute atomic E-state index is 12.2. The second kappa shape index (κ2) is 8.90. The highest BCUT2D eigenvalue weighted by atomic mass is 32.2. The van der Waals surface area contributed by atoms with E-state index in [2.05, 4.69) is 5.32 Å². The van der Waals surface area contributed by atoms with Gasteiger partial charge in [0.05, 0.1) is 18.0 Å². The predicted octanol–water partition coefficient (Wildman–Crippen LogP) is 2.82. The average molecular weight is 388 g/mol. The van der Waals surface area contributed by atoms with Crippen LogP contribution in [0.4, 0.5) is 5.69 Å². The molecule has 1 aliphatic rings. The number of nitrogens with zero attached hydrogens (tertiary/aromatic N) is 1. The summed E-state index contributed by atoms with van der Waals surface area (Å²) in [6, 6.07) is 16.3. The molecule has 0 bridgehead atoms. The Morgan fingerprint density at radius 1 is 1.04 bits per heavy atom. The number of para-hydroxylation sites is 1. The van der Waals surface area contributed by atoms with Gasteiger partial charge in [-0.05, 0) is 55.7 Å². The van der Waals surface area contributed by atoms with Crippen molar-refractivity contribution in [2.24, 2.45) is 0 Å². The number of anilines is 1. The zero-order valence-electron chi connectivity index (χ0n) is 15.1. The summed E-state index contributed by atoms with van der Waals surface area (Å²) in [5.74, 6) is 0.875. The number of benzene rings is 2. The molecular weight excluding hydrogens is 364 g/mol. The van der Waals surface area contributed by atoms with Crippen LogP contribution in [0, 0.1) is 0 Å². The number of hydrogen-bond donors (Lipinski definition) is 1. The molecule has 144 valence electrons. The quantitative estimate of drug-likeness (QED) is 0.706. The first-order chi connectivity index (χ1) is 13.1. The Bertz CT molecular complexity index is 851. The fraction of sp³-hybridized carbons (Fsp3) is 0.350. The van der Waals surface area contributed by atoms with Crippen molar-refractivity contribution in [1.29, 1.82) is 0 Å². The van der Waals surface area contributed by atoms with Gasteiger partial charge < -0.3 is 10.1 Å². The van der Waals surface area contributed by atoms with E-state index < -0.39 is 10.0 Å². The fourth-order valence-electron chi connectivity index (χ4n) is 2.95. The van der Waals surface area contributed by atoms with Crippen LogP contribution in [0.25, 0.3) is 0 Å². The largest absolute Gasteiger partial charge is 0.494 e. The standard InChI is InChI=1S/C20H24N2O4S/c23-20(21-13-4-5-15-26-19-7-2-1-3-8-19)17-9-11-18(12-10-17)22-14-6-16-27(22,24)25/h1-3,7-12H,4-6,13-16H2,(H,21,23). The molecule has 0 saturated carbocycles. The number of carbonyl (C=O) groups is 1. The molecule has 0 atom stereocenters. The molecule has 0 unspecified atom stereocenters. The zero-order chi connectivity index (χ0) is 19.1. The number of nitrogens with one attached hydrogen (secondary N) is 1. The summed E-state index contributed by atoms with van der Waals surface area (Å²) in [4.78, 5) is 12.2. The van der Waals surface area contributed by atoms with E-state index in [1.165, 1.54) is 4.31 Å². The summed E-state index contributed by atoms with van der Waals surface area (Å²) in [6.45, 7) is 1.68. The van der Waals surface area contributed by atoms with Crippen molar-refractivity contribution in [3.63, 3.8) is 0 Å². The van der Waals surface area contributed by atoms with Crippen molar-refractivity contribution < 1.29 is 17.9 Å². The summed E-state index contributed by atoms with van der Waals surface area (Å²) in [5, 5.41) is 2.88. The minimum absolute atomic E-state index is 0.158. The molecular formula is C20H24N2O4S. The molecule has 3 rings (SSSR count). The van der Waals surface area contributed by atoms with Gasteiger partial charge in [-0.2, -0.15) is 0 Å². The van der Waals surface area contributed by atoms with E-state index in [9.17, 15) is 13.2 Å². The van der Waals surface area contributed by atoms with Crippen LogP contribution in [-0.4, -0.2) is 39.8 Å². The Kier molecular flexibility index (Phi) is 6.34. The Balaban J connectivity index is 1.39. The Morgan fingerprint density at radius 3 is 2.44 bits per heavy atom.